The first-order chi connectivity index (χ1) is 10.3. The summed E-state index contributed by atoms with van der Waals surface area (Å²) in [6.07, 6.45) is 0. The zero-order valence-corrected chi connectivity index (χ0v) is 12.7. The van der Waals surface area contributed by atoms with Gasteiger partial charge in [0.25, 0.3) is 0 Å². The van der Waals surface area contributed by atoms with E-state index in [0.717, 1.165) is 27.6 Å². The van der Waals surface area contributed by atoms with Crippen LogP contribution in [0.3, 0.4) is 0 Å². The van der Waals surface area contributed by atoms with Gasteiger partial charge in [-0.15, -0.1) is 0 Å². The summed E-state index contributed by atoms with van der Waals surface area (Å²) in [5.41, 5.74) is 2.11. The highest BCUT2D eigenvalue weighted by molar-refractivity contribution is 7.04. The van der Waals surface area contributed by atoms with Gasteiger partial charge in [-0.05, 0) is 35.8 Å². The molecule has 0 amide bonds. The molecule has 0 aliphatic carbocycles. The minimum absolute atomic E-state index is 0.754. The van der Waals surface area contributed by atoms with Crippen LogP contribution in [0.1, 0.15) is 0 Å². The van der Waals surface area contributed by atoms with Crippen LogP contribution < -0.4 is 9.54 Å². The van der Waals surface area contributed by atoms with E-state index in [1.165, 1.54) is 11.5 Å². The minimum atomic E-state index is 0.754. The summed E-state index contributed by atoms with van der Waals surface area (Å²) in [6.45, 7) is 0. The number of hydrogen-bond acceptors (Lipinski definition) is 4. The quantitative estimate of drug-likeness (QED) is 0.745. The van der Waals surface area contributed by atoms with Gasteiger partial charge in [0, 0.05) is 12.6 Å². The van der Waals surface area contributed by atoms with E-state index in [0.29, 0.717) is 0 Å². The third-order valence-corrected chi connectivity index (χ3v) is 4.10. The number of methoxy groups -OCH3 is 1. The van der Waals surface area contributed by atoms with Crippen LogP contribution in [0, 0.1) is 0 Å². The Morgan fingerprint density at radius 2 is 1.76 bits per heavy atom. The van der Waals surface area contributed by atoms with Gasteiger partial charge in [0.1, 0.15) is 5.75 Å². The van der Waals surface area contributed by atoms with E-state index in [1.807, 2.05) is 42.5 Å². The molecule has 21 heavy (non-hydrogen) atoms. The van der Waals surface area contributed by atoms with Crippen molar-refractivity contribution < 1.29 is 4.74 Å². The Labute approximate surface area is 127 Å². The fraction of sp³-hybridized carbons (Fsp3) is 0.125. The molecule has 0 saturated carbocycles. The third kappa shape index (κ3) is 2.73. The van der Waals surface area contributed by atoms with Gasteiger partial charge in [-0.1, -0.05) is 30.3 Å². The third-order valence-electron chi connectivity index (χ3n) is 3.10. The first kappa shape index (κ1) is 13.6. The molecule has 3 aromatic rings. The lowest BCUT2D eigenvalue weighted by Gasteiger charge is -2.07. The zero-order chi connectivity index (χ0) is 14.7. The molecule has 106 valence electrons. The molecule has 5 heteroatoms. The van der Waals surface area contributed by atoms with Crippen molar-refractivity contribution in [3.05, 3.63) is 59.4 Å². The maximum atomic E-state index is 5.21. The topological polar surface area (TPSA) is 39.4 Å². The minimum Gasteiger partial charge on any atom is -0.497 e. The van der Waals surface area contributed by atoms with Crippen LogP contribution in [-0.2, 0) is 0 Å². The van der Waals surface area contributed by atoms with Crippen LogP contribution in [0.4, 0.5) is 0 Å². The van der Waals surface area contributed by atoms with Crippen molar-refractivity contribution in [2.24, 2.45) is 4.99 Å². The summed E-state index contributed by atoms with van der Waals surface area (Å²) in [4.78, 5) is 9.55. The maximum absolute atomic E-state index is 5.21. The van der Waals surface area contributed by atoms with Crippen LogP contribution in [0.5, 0.6) is 5.75 Å². The average Bonchev–Trinajstić information content (AvgIpc) is 3.00. The highest BCUT2D eigenvalue weighted by atomic mass is 32.1. The average molecular weight is 297 g/mol. The Bertz CT molecular complexity index is 788. The predicted molar refractivity (Wildman–Crippen MR) is 84.9 cm³/mol. The van der Waals surface area contributed by atoms with Crippen molar-refractivity contribution in [2.45, 2.75) is 0 Å². The highest BCUT2D eigenvalue weighted by Crippen LogP contribution is 2.23. The number of benzene rings is 2. The molecule has 0 aliphatic heterocycles. The summed E-state index contributed by atoms with van der Waals surface area (Å²) in [6, 6.07) is 18.0. The lowest BCUT2D eigenvalue weighted by atomic mass is 10.2. The molecule has 0 radical (unpaired) electrons. The number of hydrogen-bond donors (Lipinski definition) is 0. The molecule has 0 saturated heterocycles. The summed E-state index contributed by atoms with van der Waals surface area (Å²) >= 11 is 1.52. The van der Waals surface area contributed by atoms with Crippen molar-refractivity contribution in [2.75, 3.05) is 14.2 Å². The second kappa shape index (κ2) is 5.93. The van der Waals surface area contributed by atoms with E-state index >= 15 is 0 Å². The van der Waals surface area contributed by atoms with Gasteiger partial charge in [-0.2, -0.15) is 4.98 Å². The second-order valence-corrected chi connectivity index (χ2v) is 5.30. The fourth-order valence-electron chi connectivity index (χ4n) is 2.03. The van der Waals surface area contributed by atoms with Gasteiger partial charge in [0.2, 0.25) is 4.80 Å². The van der Waals surface area contributed by atoms with Crippen molar-refractivity contribution in [1.29, 1.82) is 0 Å². The summed E-state index contributed by atoms with van der Waals surface area (Å²) in [5, 5.41) is 0. The molecule has 4 nitrogen and oxygen atoms in total. The zero-order valence-electron chi connectivity index (χ0n) is 11.9. The fourth-order valence-corrected chi connectivity index (χ4v) is 2.87. The van der Waals surface area contributed by atoms with Gasteiger partial charge < -0.3 is 4.74 Å². The Kier molecular flexibility index (Phi) is 3.83. The van der Waals surface area contributed by atoms with Gasteiger partial charge in [0.15, 0.2) is 5.82 Å². The molecule has 0 spiro atoms. The van der Waals surface area contributed by atoms with Crippen molar-refractivity contribution in [3.63, 3.8) is 0 Å². The second-order valence-electron chi connectivity index (χ2n) is 4.39. The van der Waals surface area contributed by atoms with Crippen LogP contribution in [0.15, 0.2) is 59.6 Å². The van der Waals surface area contributed by atoms with Gasteiger partial charge in [0.05, 0.1) is 12.8 Å². The molecule has 0 atom stereocenters. The normalized spacial score (nSPS) is 11.6. The van der Waals surface area contributed by atoms with E-state index in [-0.39, 0.29) is 0 Å². The molecular formula is C16H15N3OS. The maximum Gasteiger partial charge on any atom is 0.222 e. The number of ether oxygens (including phenoxy) is 1. The monoisotopic (exact) mass is 297 g/mol. The smallest absolute Gasteiger partial charge is 0.222 e. The van der Waals surface area contributed by atoms with E-state index in [2.05, 4.69) is 26.1 Å². The molecule has 1 heterocycles. The lowest BCUT2D eigenvalue weighted by Crippen LogP contribution is -1.96. The summed E-state index contributed by atoms with van der Waals surface area (Å²) in [7, 11) is 3.42. The van der Waals surface area contributed by atoms with Crippen LogP contribution in [0.2, 0.25) is 0 Å². The predicted octanol–water partition coefficient (Wildman–Crippen LogP) is 3.14. The molecule has 0 fully saturated rings. The molecule has 3 rings (SSSR count). The van der Waals surface area contributed by atoms with E-state index in [4.69, 9.17) is 4.74 Å². The highest BCUT2D eigenvalue weighted by Gasteiger charge is 2.10. The van der Waals surface area contributed by atoms with Gasteiger partial charge >= 0.3 is 0 Å². The van der Waals surface area contributed by atoms with Crippen LogP contribution in [0.25, 0.3) is 17.1 Å². The number of nitrogens with zero attached hydrogens (tertiary/aromatic N) is 3. The Morgan fingerprint density at radius 3 is 2.38 bits per heavy atom. The van der Waals surface area contributed by atoms with Crippen LogP contribution in [-0.4, -0.2) is 23.1 Å². The molecule has 0 aliphatic rings. The molecule has 0 unspecified atom stereocenters. The van der Waals surface area contributed by atoms with E-state index in [9.17, 15) is 0 Å². The molecule has 0 N–H and O–H groups in total. The van der Waals surface area contributed by atoms with Crippen molar-refractivity contribution >= 4 is 11.5 Å². The first-order valence-corrected chi connectivity index (χ1v) is 7.32. The Balaban J connectivity index is 2.15. The number of aromatic nitrogens is 2. The molecule has 0 bridgehead atoms. The largest absolute Gasteiger partial charge is 0.497 e. The summed E-state index contributed by atoms with van der Waals surface area (Å²) in [5.74, 6) is 1.73. The van der Waals surface area contributed by atoms with Crippen LogP contribution >= 0.6 is 11.5 Å². The molecule has 2 aromatic carbocycles. The number of rotatable bonds is 3. The van der Waals surface area contributed by atoms with E-state index < -0.39 is 0 Å². The Morgan fingerprint density at radius 1 is 1.05 bits per heavy atom. The van der Waals surface area contributed by atoms with Crippen molar-refractivity contribution in [1.82, 2.24) is 8.94 Å². The molecule has 1 aromatic heterocycles. The molecular weight excluding hydrogens is 282 g/mol. The SMILES string of the molecule is CN=c1nc(-c2ccccc2)n(-c2ccc(OC)cc2)s1. The summed E-state index contributed by atoms with van der Waals surface area (Å²) < 4.78 is 7.29. The van der Waals surface area contributed by atoms with Gasteiger partial charge in [-0.25, -0.2) is 3.96 Å². The lowest BCUT2D eigenvalue weighted by molar-refractivity contribution is 0.415. The first-order valence-electron chi connectivity index (χ1n) is 6.55. The van der Waals surface area contributed by atoms with Crippen molar-refractivity contribution in [3.8, 4) is 22.8 Å². The van der Waals surface area contributed by atoms with Gasteiger partial charge in [-0.3, -0.25) is 4.99 Å². The van der Waals surface area contributed by atoms with E-state index in [1.54, 1.807) is 14.2 Å². The Hall–Kier alpha value is -2.40. The standard InChI is InChI=1S/C16H15N3OS/c1-17-16-18-15(12-6-4-3-5-7-12)19(21-16)13-8-10-14(20-2)11-9-13/h3-11H,1-2H3.